The fraction of sp³-hybridized carbons (Fsp3) is 0.0769. The zero-order valence-electron chi connectivity index (χ0n) is 10.1. The normalized spacial score (nSPS) is 9.95. The van der Waals surface area contributed by atoms with Crippen molar-refractivity contribution in [3.63, 3.8) is 0 Å². The van der Waals surface area contributed by atoms with Crippen LogP contribution in [0, 0.1) is 10.1 Å². The lowest BCUT2D eigenvalue weighted by Crippen LogP contribution is -2.26. The van der Waals surface area contributed by atoms with Crippen LogP contribution in [0.5, 0.6) is 5.75 Å². The van der Waals surface area contributed by atoms with Crippen molar-refractivity contribution in [2.45, 2.75) is 0 Å². The largest absolute Gasteiger partial charge is 0.423 e. The van der Waals surface area contributed by atoms with Gasteiger partial charge in [-0.3, -0.25) is 10.1 Å². The Morgan fingerprint density at radius 1 is 1.16 bits per heavy atom. The van der Waals surface area contributed by atoms with E-state index in [-0.39, 0.29) is 11.4 Å². The summed E-state index contributed by atoms with van der Waals surface area (Å²) in [6.45, 7) is 0. The van der Waals surface area contributed by atoms with Crippen molar-refractivity contribution in [1.29, 1.82) is 0 Å². The van der Waals surface area contributed by atoms with Gasteiger partial charge >= 0.3 is 5.97 Å². The second kappa shape index (κ2) is 5.26. The molecule has 0 amide bonds. The highest BCUT2D eigenvalue weighted by Gasteiger charge is 2.11. The number of aromatic nitrogens is 1. The van der Waals surface area contributed by atoms with Crippen molar-refractivity contribution < 1.29 is 19.0 Å². The van der Waals surface area contributed by atoms with Crippen LogP contribution in [0.2, 0.25) is 0 Å². The molecule has 0 spiro atoms. The molecule has 1 aromatic carbocycles. The maximum atomic E-state index is 11.8. The molecule has 0 aliphatic heterocycles. The van der Waals surface area contributed by atoms with Crippen LogP contribution in [-0.2, 0) is 7.05 Å². The van der Waals surface area contributed by atoms with Gasteiger partial charge in [0.2, 0.25) is 0 Å². The summed E-state index contributed by atoms with van der Waals surface area (Å²) in [5.74, 6) is -0.238. The average Bonchev–Trinajstić information content (AvgIpc) is 2.40. The molecule has 0 aliphatic carbocycles. The third kappa shape index (κ3) is 3.12. The summed E-state index contributed by atoms with van der Waals surface area (Å²) in [4.78, 5) is 21.8. The van der Waals surface area contributed by atoms with Crippen molar-refractivity contribution in [1.82, 2.24) is 0 Å². The Balaban J connectivity index is 2.10. The first-order valence-corrected chi connectivity index (χ1v) is 5.48. The molecule has 19 heavy (non-hydrogen) atoms. The van der Waals surface area contributed by atoms with Gasteiger partial charge in [-0.25, -0.2) is 9.36 Å². The number of hydrogen-bond acceptors (Lipinski definition) is 4. The molecule has 1 aromatic heterocycles. The number of aryl methyl sites for hydroxylation is 1. The first kappa shape index (κ1) is 12.7. The van der Waals surface area contributed by atoms with Gasteiger partial charge in [0.05, 0.1) is 10.5 Å². The standard InChI is InChI=1S/C13H11N2O4/c1-14-8-6-10(7-9-14)13(16)19-12-4-2-11(3-5-12)15(17)18/h2-9H,1H3/q+1. The van der Waals surface area contributed by atoms with Crippen molar-refractivity contribution in [3.05, 3.63) is 64.5 Å². The highest BCUT2D eigenvalue weighted by Crippen LogP contribution is 2.18. The maximum Gasteiger partial charge on any atom is 0.343 e. The van der Waals surface area contributed by atoms with Gasteiger partial charge in [-0.15, -0.1) is 0 Å². The van der Waals surface area contributed by atoms with E-state index in [1.165, 1.54) is 24.3 Å². The number of rotatable bonds is 3. The Bertz CT molecular complexity index is 606. The number of nitro groups is 1. The van der Waals surface area contributed by atoms with Crippen LogP contribution < -0.4 is 9.30 Å². The molecule has 0 bridgehead atoms. The minimum Gasteiger partial charge on any atom is -0.423 e. The van der Waals surface area contributed by atoms with Gasteiger partial charge in [0.15, 0.2) is 12.4 Å². The molecule has 2 rings (SSSR count). The van der Waals surface area contributed by atoms with E-state index in [0.29, 0.717) is 5.56 Å². The SMILES string of the molecule is C[n+]1ccc(C(=O)Oc2ccc([N+](=O)[O-])cc2)cc1. The molecule has 0 saturated carbocycles. The number of nitro benzene ring substituents is 1. The molecule has 0 saturated heterocycles. The first-order chi connectivity index (χ1) is 9.06. The smallest absolute Gasteiger partial charge is 0.343 e. The summed E-state index contributed by atoms with van der Waals surface area (Å²) >= 11 is 0. The first-order valence-electron chi connectivity index (χ1n) is 5.48. The number of carbonyl (C=O) groups excluding carboxylic acids is 1. The van der Waals surface area contributed by atoms with Gasteiger partial charge in [-0.05, 0) is 12.1 Å². The zero-order valence-corrected chi connectivity index (χ0v) is 10.1. The number of esters is 1. The molecule has 0 atom stereocenters. The lowest BCUT2D eigenvalue weighted by atomic mass is 10.2. The van der Waals surface area contributed by atoms with Crippen LogP contribution in [0.1, 0.15) is 10.4 Å². The van der Waals surface area contributed by atoms with E-state index >= 15 is 0 Å². The third-order valence-electron chi connectivity index (χ3n) is 2.47. The van der Waals surface area contributed by atoms with Crippen LogP contribution in [0.25, 0.3) is 0 Å². The number of carbonyl (C=O) groups is 1. The fourth-order valence-electron chi connectivity index (χ4n) is 1.44. The van der Waals surface area contributed by atoms with Crippen molar-refractivity contribution >= 4 is 11.7 Å². The van der Waals surface area contributed by atoms with Gasteiger partial charge in [-0.1, -0.05) is 0 Å². The molecule has 1 heterocycles. The predicted molar refractivity (Wildman–Crippen MR) is 65.7 cm³/mol. The number of non-ortho nitro benzene ring substituents is 1. The maximum absolute atomic E-state index is 11.8. The van der Waals surface area contributed by atoms with E-state index < -0.39 is 10.9 Å². The highest BCUT2D eigenvalue weighted by atomic mass is 16.6. The van der Waals surface area contributed by atoms with Gasteiger partial charge in [-0.2, -0.15) is 0 Å². The Morgan fingerprint density at radius 3 is 2.26 bits per heavy atom. The molecule has 0 unspecified atom stereocenters. The van der Waals surface area contributed by atoms with Crippen molar-refractivity contribution in [2.24, 2.45) is 7.05 Å². The van der Waals surface area contributed by atoms with Gasteiger partial charge in [0.25, 0.3) is 5.69 Å². The monoisotopic (exact) mass is 259 g/mol. The second-order valence-electron chi connectivity index (χ2n) is 3.89. The summed E-state index contributed by atoms with van der Waals surface area (Å²) < 4.78 is 6.90. The van der Waals surface area contributed by atoms with Crippen LogP contribution >= 0.6 is 0 Å². The Morgan fingerprint density at radius 2 is 1.74 bits per heavy atom. The average molecular weight is 259 g/mol. The highest BCUT2D eigenvalue weighted by molar-refractivity contribution is 5.90. The van der Waals surface area contributed by atoms with E-state index in [2.05, 4.69) is 0 Å². The van der Waals surface area contributed by atoms with E-state index in [1.807, 2.05) is 7.05 Å². The molecule has 6 heteroatoms. The van der Waals surface area contributed by atoms with E-state index in [4.69, 9.17) is 4.74 Å². The van der Waals surface area contributed by atoms with Crippen LogP contribution in [0.15, 0.2) is 48.8 Å². The lowest BCUT2D eigenvalue weighted by Gasteiger charge is -2.03. The number of benzene rings is 1. The number of pyridine rings is 1. The minimum absolute atomic E-state index is 0.0495. The number of nitrogens with zero attached hydrogens (tertiary/aromatic N) is 2. The summed E-state index contributed by atoms with van der Waals surface area (Å²) in [6.07, 6.45) is 3.46. The molecule has 0 N–H and O–H groups in total. The predicted octanol–water partition coefficient (Wildman–Crippen LogP) is 1.64. The Kier molecular flexibility index (Phi) is 3.51. The molecule has 0 aliphatic rings. The zero-order chi connectivity index (χ0) is 13.8. The summed E-state index contributed by atoms with van der Waals surface area (Å²) in [5, 5.41) is 10.5. The van der Waals surface area contributed by atoms with Crippen molar-refractivity contribution in [3.8, 4) is 5.75 Å². The van der Waals surface area contributed by atoms with E-state index in [0.717, 1.165) is 0 Å². The molecule has 96 valence electrons. The molecular weight excluding hydrogens is 248 g/mol. The number of hydrogen-bond donors (Lipinski definition) is 0. The van der Waals surface area contributed by atoms with E-state index in [1.54, 1.807) is 29.1 Å². The Labute approximate surface area is 109 Å². The molecular formula is C13H11N2O4+. The summed E-state index contributed by atoms with van der Waals surface area (Å²) in [6, 6.07) is 8.61. The van der Waals surface area contributed by atoms with Crippen molar-refractivity contribution in [2.75, 3.05) is 0 Å². The lowest BCUT2D eigenvalue weighted by molar-refractivity contribution is -0.671. The number of ether oxygens (including phenoxy) is 1. The Hall–Kier alpha value is -2.76. The van der Waals surface area contributed by atoms with Crippen LogP contribution in [0.4, 0.5) is 5.69 Å². The third-order valence-corrected chi connectivity index (χ3v) is 2.47. The van der Waals surface area contributed by atoms with Crippen LogP contribution in [-0.4, -0.2) is 10.9 Å². The summed E-state index contributed by atoms with van der Waals surface area (Å²) in [5.41, 5.74) is 0.364. The molecule has 6 nitrogen and oxygen atoms in total. The topological polar surface area (TPSA) is 73.3 Å². The van der Waals surface area contributed by atoms with E-state index in [9.17, 15) is 14.9 Å². The van der Waals surface area contributed by atoms with Gasteiger partial charge in [0, 0.05) is 24.3 Å². The quantitative estimate of drug-likeness (QED) is 0.276. The minimum atomic E-state index is -0.511. The summed E-state index contributed by atoms with van der Waals surface area (Å²) in [7, 11) is 1.84. The second-order valence-corrected chi connectivity index (χ2v) is 3.89. The molecule has 0 fully saturated rings. The fourth-order valence-corrected chi connectivity index (χ4v) is 1.44. The molecule has 0 radical (unpaired) electrons. The van der Waals surface area contributed by atoms with Gasteiger partial charge < -0.3 is 4.74 Å². The van der Waals surface area contributed by atoms with Gasteiger partial charge in [0.1, 0.15) is 12.8 Å². The molecule has 2 aromatic rings. The van der Waals surface area contributed by atoms with Crippen LogP contribution in [0.3, 0.4) is 0 Å².